The number of nitrogens with zero attached hydrogens (tertiary/aromatic N) is 1. The lowest BCUT2D eigenvalue weighted by Crippen LogP contribution is -2.11. The summed E-state index contributed by atoms with van der Waals surface area (Å²) >= 11 is 0.951. The average molecular weight is 367 g/mol. The van der Waals surface area contributed by atoms with E-state index >= 15 is 0 Å². The predicted molar refractivity (Wildman–Crippen MR) is 89.9 cm³/mol. The van der Waals surface area contributed by atoms with Gasteiger partial charge in [0, 0.05) is 5.56 Å². The van der Waals surface area contributed by atoms with Crippen molar-refractivity contribution in [2.75, 3.05) is 35.5 Å². The summed E-state index contributed by atoms with van der Waals surface area (Å²) in [7, 11) is 6.85. The SMILES string of the molecule is COC(=O)c1nsc(-c2ccc(OC)c(OC)c2OC)c1C(=O)OC. The Hall–Kier alpha value is -2.81. The summed E-state index contributed by atoms with van der Waals surface area (Å²) in [5.74, 6) is -0.290. The molecule has 134 valence electrons. The monoisotopic (exact) mass is 367 g/mol. The first-order valence-electron chi connectivity index (χ1n) is 6.99. The molecule has 2 aromatic rings. The summed E-state index contributed by atoms with van der Waals surface area (Å²) in [5.41, 5.74) is 0.393. The van der Waals surface area contributed by atoms with Crippen molar-refractivity contribution in [2.24, 2.45) is 0 Å². The molecule has 0 unspecified atom stereocenters. The van der Waals surface area contributed by atoms with Gasteiger partial charge in [-0.2, -0.15) is 4.37 Å². The molecule has 0 bridgehead atoms. The first-order chi connectivity index (χ1) is 12.0. The standard InChI is InChI=1S/C16H17NO7S/c1-20-9-7-6-8(12(21-2)13(9)22-3)14-10(15(18)23-4)11(17-25-14)16(19)24-5/h6-7H,1-5H3. The van der Waals surface area contributed by atoms with Gasteiger partial charge < -0.3 is 23.7 Å². The maximum Gasteiger partial charge on any atom is 0.358 e. The molecule has 0 fully saturated rings. The topological polar surface area (TPSA) is 93.2 Å². The normalized spacial score (nSPS) is 10.1. The zero-order valence-electron chi connectivity index (χ0n) is 14.4. The van der Waals surface area contributed by atoms with Gasteiger partial charge in [-0.15, -0.1) is 0 Å². The van der Waals surface area contributed by atoms with Crippen LogP contribution >= 0.6 is 11.5 Å². The minimum absolute atomic E-state index is 0.00451. The molecule has 0 amide bonds. The van der Waals surface area contributed by atoms with Gasteiger partial charge in [0.25, 0.3) is 0 Å². The molecule has 0 radical (unpaired) electrons. The van der Waals surface area contributed by atoms with E-state index in [4.69, 9.17) is 18.9 Å². The Morgan fingerprint density at radius 2 is 1.52 bits per heavy atom. The van der Waals surface area contributed by atoms with Gasteiger partial charge in [0.1, 0.15) is 5.56 Å². The van der Waals surface area contributed by atoms with Crippen molar-refractivity contribution in [3.8, 4) is 27.7 Å². The highest BCUT2D eigenvalue weighted by Crippen LogP contribution is 2.46. The molecule has 1 heterocycles. The molecule has 1 aromatic carbocycles. The highest BCUT2D eigenvalue weighted by Gasteiger charge is 2.30. The van der Waals surface area contributed by atoms with Gasteiger partial charge in [-0.1, -0.05) is 0 Å². The quantitative estimate of drug-likeness (QED) is 0.719. The molecule has 0 aliphatic carbocycles. The fraction of sp³-hybridized carbons (Fsp3) is 0.312. The highest BCUT2D eigenvalue weighted by molar-refractivity contribution is 7.10. The van der Waals surface area contributed by atoms with E-state index < -0.39 is 11.9 Å². The Bertz CT molecular complexity index is 800. The summed E-state index contributed by atoms with van der Waals surface area (Å²) < 4.78 is 29.5. The molecule has 0 aliphatic rings. The van der Waals surface area contributed by atoms with Crippen molar-refractivity contribution < 1.29 is 33.3 Å². The van der Waals surface area contributed by atoms with E-state index in [0.717, 1.165) is 11.5 Å². The Kier molecular flexibility index (Phi) is 5.81. The second-order valence-electron chi connectivity index (χ2n) is 4.60. The van der Waals surface area contributed by atoms with Gasteiger partial charge in [-0.3, -0.25) is 0 Å². The Morgan fingerprint density at radius 1 is 0.880 bits per heavy atom. The van der Waals surface area contributed by atoms with Gasteiger partial charge in [-0.25, -0.2) is 9.59 Å². The number of carbonyl (C=O) groups excluding carboxylic acids is 2. The van der Waals surface area contributed by atoms with Crippen LogP contribution in [-0.2, 0) is 9.47 Å². The first kappa shape index (κ1) is 18.5. The summed E-state index contributed by atoms with van der Waals surface area (Å²) in [6.45, 7) is 0. The van der Waals surface area contributed by atoms with E-state index in [1.54, 1.807) is 12.1 Å². The van der Waals surface area contributed by atoms with Crippen LogP contribution in [0.15, 0.2) is 12.1 Å². The largest absolute Gasteiger partial charge is 0.493 e. The number of benzene rings is 1. The molecular weight excluding hydrogens is 350 g/mol. The summed E-state index contributed by atoms with van der Waals surface area (Å²) in [6.07, 6.45) is 0. The molecule has 0 saturated heterocycles. The summed E-state index contributed by atoms with van der Waals surface area (Å²) in [4.78, 5) is 24.5. The number of hydrogen-bond acceptors (Lipinski definition) is 9. The predicted octanol–water partition coefficient (Wildman–Crippen LogP) is 2.41. The summed E-state index contributed by atoms with van der Waals surface area (Å²) in [5, 5.41) is 0. The molecule has 0 N–H and O–H groups in total. The van der Waals surface area contributed by atoms with Crippen molar-refractivity contribution in [1.29, 1.82) is 0 Å². The van der Waals surface area contributed by atoms with E-state index in [1.165, 1.54) is 35.5 Å². The number of hydrogen-bond donors (Lipinski definition) is 0. The third kappa shape index (κ3) is 3.22. The smallest absolute Gasteiger partial charge is 0.358 e. The number of ether oxygens (including phenoxy) is 5. The Balaban J connectivity index is 2.76. The van der Waals surface area contributed by atoms with E-state index in [-0.39, 0.29) is 11.3 Å². The minimum Gasteiger partial charge on any atom is -0.493 e. The van der Waals surface area contributed by atoms with Gasteiger partial charge >= 0.3 is 11.9 Å². The third-order valence-corrected chi connectivity index (χ3v) is 4.29. The van der Waals surface area contributed by atoms with Gasteiger partial charge in [0.15, 0.2) is 17.2 Å². The van der Waals surface area contributed by atoms with Gasteiger partial charge in [0.05, 0.1) is 40.4 Å². The fourth-order valence-electron chi connectivity index (χ4n) is 2.28. The zero-order valence-corrected chi connectivity index (χ0v) is 15.2. The van der Waals surface area contributed by atoms with Crippen molar-refractivity contribution in [2.45, 2.75) is 0 Å². The van der Waals surface area contributed by atoms with Crippen molar-refractivity contribution in [3.05, 3.63) is 23.4 Å². The lowest BCUT2D eigenvalue weighted by molar-refractivity contribution is 0.0552. The minimum atomic E-state index is -0.734. The van der Waals surface area contributed by atoms with Crippen LogP contribution in [0.5, 0.6) is 17.2 Å². The second-order valence-corrected chi connectivity index (χ2v) is 5.37. The lowest BCUT2D eigenvalue weighted by Gasteiger charge is -2.15. The number of carbonyl (C=O) groups is 2. The van der Waals surface area contributed by atoms with Crippen LogP contribution in [0.2, 0.25) is 0 Å². The van der Waals surface area contributed by atoms with Crippen LogP contribution in [0.3, 0.4) is 0 Å². The van der Waals surface area contributed by atoms with Gasteiger partial charge in [-0.05, 0) is 23.7 Å². The number of rotatable bonds is 6. The van der Waals surface area contributed by atoms with Crippen LogP contribution in [0, 0.1) is 0 Å². The third-order valence-electron chi connectivity index (χ3n) is 3.41. The zero-order chi connectivity index (χ0) is 18.6. The molecule has 0 aliphatic heterocycles. The number of esters is 2. The molecule has 9 heteroatoms. The number of aromatic nitrogens is 1. The van der Waals surface area contributed by atoms with Crippen molar-refractivity contribution in [1.82, 2.24) is 4.37 Å². The Labute approximate surface area is 148 Å². The lowest BCUT2D eigenvalue weighted by atomic mass is 10.1. The molecule has 2 rings (SSSR count). The summed E-state index contributed by atoms with van der Waals surface area (Å²) in [6, 6.07) is 3.34. The molecular formula is C16H17NO7S. The molecule has 1 aromatic heterocycles. The van der Waals surface area contributed by atoms with Crippen LogP contribution in [0.4, 0.5) is 0 Å². The Morgan fingerprint density at radius 3 is 2.04 bits per heavy atom. The fourth-order valence-corrected chi connectivity index (χ4v) is 3.16. The maximum absolute atomic E-state index is 12.2. The van der Waals surface area contributed by atoms with Crippen LogP contribution in [-0.4, -0.2) is 51.9 Å². The number of methoxy groups -OCH3 is 5. The molecule has 8 nitrogen and oxygen atoms in total. The van der Waals surface area contributed by atoms with Crippen molar-refractivity contribution in [3.63, 3.8) is 0 Å². The highest BCUT2D eigenvalue weighted by atomic mass is 32.1. The average Bonchev–Trinajstić information content (AvgIpc) is 3.09. The molecule has 0 saturated carbocycles. The van der Waals surface area contributed by atoms with E-state index in [1.807, 2.05) is 0 Å². The van der Waals surface area contributed by atoms with Crippen molar-refractivity contribution >= 4 is 23.5 Å². The van der Waals surface area contributed by atoms with Crippen LogP contribution in [0.25, 0.3) is 10.4 Å². The van der Waals surface area contributed by atoms with Gasteiger partial charge in [0.2, 0.25) is 5.75 Å². The molecule has 25 heavy (non-hydrogen) atoms. The van der Waals surface area contributed by atoms with E-state index in [9.17, 15) is 9.59 Å². The van der Waals surface area contributed by atoms with Crippen LogP contribution in [0.1, 0.15) is 20.8 Å². The molecule has 0 spiro atoms. The maximum atomic E-state index is 12.2. The van der Waals surface area contributed by atoms with E-state index in [0.29, 0.717) is 27.7 Å². The first-order valence-corrected chi connectivity index (χ1v) is 7.76. The molecule has 0 atom stereocenters. The second kappa shape index (κ2) is 7.84. The van der Waals surface area contributed by atoms with E-state index in [2.05, 4.69) is 9.11 Å². The van der Waals surface area contributed by atoms with Crippen LogP contribution < -0.4 is 14.2 Å².